The Morgan fingerprint density at radius 1 is 1.36 bits per heavy atom. The highest BCUT2D eigenvalue weighted by molar-refractivity contribution is 7.53. The van der Waals surface area contributed by atoms with Crippen LogP contribution in [0.5, 0.6) is 0 Å². The van der Waals surface area contributed by atoms with Crippen molar-refractivity contribution in [3.63, 3.8) is 0 Å². The standard InChI is InChI=1S/C9H16NO3P/c1-3-12-14(11,13-4-2)8-9-6-5-7-10-9/h5-7,10H,3-4,8H2,1-2H3. The number of hydrogen-bond acceptors (Lipinski definition) is 3. The van der Waals surface area contributed by atoms with Crippen LogP contribution in [0.1, 0.15) is 19.5 Å². The summed E-state index contributed by atoms with van der Waals surface area (Å²) < 4.78 is 22.3. The lowest BCUT2D eigenvalue weighted by Crippen LogP contribution is -1.99. The number of hydrogen-bond donors (Lipinski definition) is 1. The molecule has 0 fully saturated rings. The van der Waals surface area contributed by atoms with E-state index in [1.165, 1.54) is 0 Å². The minimum Gasteiger partial charge on any atom is -0.364 e. The van der Waals surface area contributed by atoms with Crippen LogP contribution in [-0.2, 0) is 19.8 Å². The Morgan fingerprint density at radius 3 is 2.43 bits per heavy atom. The van der Waals surface area contributed by atoms with Gasteiger partial charge in [-0.3, -0.25) is 4.57 Å². The van der Waals surface area contributed by atoms with Crippen molar-refractivity contribution in [1.82, 2.24) is 4.98 Å². The highest BCUT2D eigenvalue weighted by Crippen LogP contribution is 2.50. The molecule has 5 heteroatoms. The fourth-order valence-corrected chi connectivity index (χ4v) is 2.85. The molecule has 0 saturated heterocycles. The third kappa shape index (κ3) is 3.29. The molecule has 0 aliphatic rings. The van der Waals surface area contributed by atoms with E-state index < -0.39 is 7.60 Å². The minimum atomic E-state index is -2.94. The van der Waals surface area contributed by atoms with Gasteiger partial charge < -0.3 is 14.0 Å². The van der Waals surface area contributed by atoms with Crippen LogP contribution in [0.4, 0.5) is 0 Å². The van der Waals surface area contributed by atoms with E-state index in [9.17, 15) is 4.57 Å². The largest absolute Gasteiger partial charge is 0.364 e. The van der Waals surface area contributed by atoms with Crippen LogP contribution in [0, 0.1) is 0 Å². The van der Waals surface area contributed by atoms with Gasteiger partial charge in [0.05, 0.1) is 19.4 Å². The fraction of sp³-hybridized carbons (Fsp3) is 0.556. The molecule has 1 rings (SSSR count). The number of aromatic nitrogens is 1. The van der Waals surface area contributed by atoms with Gasteiger partial charge in [0.1, 0.15) is 0 Å². The monoisotopic (exact) mass is 217 g/mol. The Bertz CT molecular complexity index is 287. The SMILES string of the molecule is CCOP(=O)(Cc1ccc[nH]1)OCC. The van der Waals surface area contributed by atoms with Gasteiger partial charge in [-0.2, -0.15) is 0 Å². The molecule has 1 aromatic rings. The highest BCUT2D eigenvalue weighted by Gasteiger charge is 2.24. The third-order valence-corrected chi connectivity index (χ3v) is 3.71. The Labute approximate surface area is 84.2 Å². The second-order valence-electron chi connectivity index (χ2n) is 2.80. The number of H-pyrrole nitrogens is 1. The summed E-state index contributed by atoms with van der Waals surface area (Å²) in [4.78, 5) is 2.98. The maximum Gasteiger partial charge on any atom is 0.336 e. The van der Waals surface area contributed by atoms with Crippen molar-refractivity contribution in [2.45, 2.75) is 20.0 Å². The predicted molar refractivity (Wildman–Crippen MR) is 55.4 cm³/mol. The number of rotatable bonds is 6. The highest BCUT2D eigenvalue weighted by atomic mass is 31.2. The van der Waals surface area contributed by atoms with Gasteiger partial charge in [-0.05, 0) is 26.0 Å². The van der Waals surface area contributed by atoms with E-state index in [0.29, 0.717) is 19.4 Å². The molecule has 1 heterocycles. The molecule has 0 unspecified atom stereocenters. The summed E-state index contributed by atoms with van der Waals surface area (Å²) in [5, 5.41) is 0. The van der Waals surface area contributed by atoms with E-state index in [2.05, 4.69) is 4.98 Å². The predicted octanol–water partition coefficient (Wildman–Crippen LogP) is 2.78. The zero-order valence-corrected chi connectivity index (χ0v) is 9.42. The molecule has 1 N–H and O–H groups in total. The second kappa shape index (κ2) is 5.35. The number of aromatic amines is 1. The maximum absolute atomic E-state index is 12.0. The van der Waals surface area contributed by atoms with E-state index in [4.69, 9.17) is 9.05 Å². The Balaban J connectivity index is 2.64. The molecule has 0 bridgehead atoms. The first kappa shape index (κ1) is 11.5. The molecule has 4 nitrogen and oxygen atoms in total. The summed E-state index contributed by atoms with van der Waals surface area (Å²) in [5.74, 6) is 0. The van der Waals surface area contributed by atoms with Crippen LogP contribution in [-0.4, -0.2) is 18.2 Å². The average molecular weight is 217 g/mol. The average Bonchev–Trinajstić information content (AvgIpc) is 2.57. The van der Waals surface area contributed by atoms with Crippen LogP contribution in [0.25, 0.3) is 0 Å². The van der Waals surface area contributed by atoms with Crippen molar-refractivity contribution in [2.24, 2.45) is 0 Å². The zero-order chi connectivity index (χ0) is 10.4. The van der Waals surface area contributed by atoms with Gasteiger partial charge in [0.2, 0.25) is 0 Å². The van der Waals surface area contributed by atoms with E-state index >= 15 is 0 Å². The van der Waals surface area contributed by atoms with E-state index in [1.54, 1.807) is 20.0 Å². The first-order chi connectivity index (χ1) is 6.70. The van der Waals surface area contributed by atoms with Crippen LogP contribution in [0.15, 0.2) is 18.3 Å². The summed E-state index contributed by atoms with van der Waals surface area (Å²) in [6.45, 7) is 4.41. The molecule has 0 atom stereocenters. The first-order valence-corrected chi connectivity index (χ1v) is 6.43. The second-order valence-corrected chi connectivity index (χ2v) is 4.85. The third-order valence-electron chi connectivity index (χ3n) is 1.68. The molecule has 0 saturated carbocycles. The molecule has 0 amide bonds. The first-order valence-electron chi connectivity index (χ1n) is 4.70. The maximum atomic E-state index is 12.0. The number of nitrogens with one attached hydrogen (secondary N) is 1. The van der Waals surface area contributed by atoms with Crippen molar-refractivity contribution in [2.75, 3.05) is 13.2 Å². The van der Waals surface area contributed by atoms with Gasteiger partial charge in [-0.1, -0.05) is 0 Å². The van der Waals surface area contributed by atoms with Crippen LogP contribution in [0.3, 0.4) is 0 Å². The van der Waals surface area contributed by atoms with Crippen LogP contribution in [0.2, 0.25) is 0 Å². The van der Waals surface area contributed by atoms with Gasteiger partial charge in [0.15, 0.2) is 0 Å². The van der Waals surface area contributed by atoms with E-state index in [-0.39, 0.29) is 0 Å². The summed E-state index contributed by atoms with van der Waals surface area (Å²) in [5.41, 5.74) is 0.871. The summed E-state index contributed by atoms with van der Waals surface area (Å²) in [6, 6.07) is 3.72. The molecular weight excluding hydrogens is 201 g/mol. The molecule has 14 heavy (non-hydrogen) atoms. The van der Waals surface area contributed by atoms with Gasteiger partial charge >= 0.3 is 7.60 Å². The molecule has 0 aliphatic heterocycles. The quantitative estimate of drug-likeness (QED) is 0.745. The Morgan fingerprint density at radius 2 is 2.00 bits per heavy atom. The summed E-state index contributed by atoms with van der Waals surface area (Å²) in [6.07, 6.45) is 2.10. The van der Waals surface area contributed by atoms with Crippen molar-refractivity contribution in [3.8, 4) is 0 Å². The Kier molecular flexibility index (Phi) is 4.39. The Hall–Kier alpha value is -0.570. The molecule has 1 aromatic heterocycles. The summed E-state index contributed by atoms with van der Waals surface area (Å²) >= 11 is 0. The summed E-state index contributed by atoms with van der Waals surface area (Å²) in [7, 11) is -2.94. The van der Waals surface area contributed by atoms with Crippen LogP contribution < -0.4 is 0 Å². The lowest BCUT2D eigenvalue weighted by molar-refractivity contribution is 0.219. The molecule has 80 valence electrons. The normalized spacial score (nSPS) is 11.9. The van der Waals surface area contributed by atoms with Gasteiger partial charge in [-0.15, -0.1) is 0 Å². The van der Waals surface area contributed by atoms with Crippen LogP contribution >= 0.6 is 7.60 Å². The van der Waals surface area contributed by atoms with Crippen molar-refractivity contribution in [1.29, 1.82) is 0 Å². The van der Waals surface area contributed by atoms with E-state index in [1.807, 2.05) is 12.1 Å². The smallest absolute Gasteiger partial charge is 0.336 e. The lowest BCUT2D eigenvalue weighted by Gasteiger charge is -2.15. The van der Waals surface area contributed by atoms with Gasteiger partial charge in [-0.25, -0.2) is 0 Å². The van der Waals surface area contributed by atoms with Crippen molar-refractivity contribution >= 4 is 7.60 Å². The molecule has 0 aromatic carbocycles. The zero-order valence-electron chi connectivity index (χ0n) is 8.53. The topological polar surface area (TPSA) is 51.3 Å². The fourth-order valence-electron chi connectivity index (χ4n) is 1.20. The molecule has 0 aliphatic carbocycles. The molecular formula is C9H16NO3P. The minimum absolute atomic E-state index is 0.307. The van der Waals surface area contributed by atoms with Gasteiger partial charge in [0.25, 0.3) is 0 Å². The van der Waals surface area contributed by atoms with Crippen molar-refractivity contribution < 1.29 is 13.6 Å². The lowest BCUT2D eigenvalue weighted by atomic mass is 10.5. The molecule has 0 radical (unpaired) electrons. The molecule has 0 spiro atoms. The van der Waals surface area contributed by atoms with E-state index in [0.717, 1.165) is 5.69 Å². The van der Waals surface area contributed by atoms with Gasteiger partial charge in [0, 0.05) is 11.9 Å². The van der Waals surface area contributed by atoms with Crippen molar-refractivity contribution in [3.05, 3.63) is 24.0 Å².